The molecule has 0 aromatic rings. The molecule has 0 spiro atoms. The van der Waals surface area contributed by atoms with Gasteiger partial charge in [-0.05, 0) is 65.6 Å². The van der Waals surface area contributed by atoms with Gasteiger partial charge in [-0.25, -0.2) is 0 Å². The fourth-order valence-corrected chi connectivity index (χ4v) is 2.51. The molecule has 0 aromatic heterocycles. The molecule has 0 aromatic carbocycles. The van der Waals surface area contributed by atoms with Gasteiger partial charge in [-0.2, -0.15) is 11.8 Å². The van der Waals surface area contributed by atoms with E-state index in [9.17, 15) is 0 Å². The minimum absolute atomic E-state index is 0.296. The fourth-order valence-electron chi connectivity index (χ4n) is 1.89. The van der Waals surface area contributed by atoms with Gasteiger partial charge in [0.25, 0.3) is 0 Å². The molecule has 0 fully saturated rings. The SMILES string of the molecule is CC(C)=CCC/C(C)=C/CC/C(C)=C/CCSCCO. The number of rotatable bonds is 11. The molecule has 0 amide bonds. The van der Waals surface area contributed by atoms with Crippen LogP contribution in [0.3, 0.4) is 0 Å². The second-order valence-electron chi connectivity index (χ2n) is 5.58. The number of allylic oxidation sites excluding steroid dienone is 6. The van der Waals surface area contributed by atoms with Gasteiger partial charge in [-0.1, -0.05) is 34.9 Å². The van der Waals surface area contributed by atoms with Gasteiger partial charge >= 0.3 is 0 Å². The predicted molar refractivity (Wildman–Crippen MR) is 94.4 cm³/mol. The summed E-state index contributed by atoms with van der Waals surface area (Å²) in [5.74, 6) is 1.98. The average Bonchev–Trinajstić information content (AvgIpc) is 2.38. The van der Waals surface area contributed by atoms with E-state index in [1.54, 1.807) is 0 Å². The minimum Gasteiger partial charge on any atom is -0.396 e. The number of aliphatic hydroxyl groups is 1. The Hall–Kier alpha value is -0.470. The molecule has 0 aliphatic rings. The summed E-state index contributed by atoms with van der Waals surface area (Å²) < 4.78 is 0. The highest BCUT2D eigenvalue weighted by atomic mass is 32.2. The summed E-state index contributed by atoms with van der Waals surface area (Å²) in [6.07, 6.45) is 12.9. The summed E-state index contributed by atoms with van der Waals surface area (Å²) in [5, 5.41) is 8.69. The van der Waals surface area contributed by atoms with Crippen LogP contribution in [0.25, 0.3) is 0 Å². The summed E-state index contributed by atoms with van der Waals surface area (Å²) in [6, 6.07) is 0. The van der Waals surface area contributed by atoms with Gasteiger partial charge in [-0.15, -0.1) is 0 Å². The second-order valence-corrected chi connectivity index (χ2v) is 6.81. The number of aliphatic hydroxyl groups excluding tert-OH is 1. The minimum atomic E-state index is 0.296. The topological polar surface area (TPSA) is 20.2 Å². The summed E-state index contributed by atoms with van der Waals surface area (Å²) in [5.41, 5.74) is 4.41. The number of hydrogen-bond acceptors (Lipinski definition) is 2. The van der Waals surface area contributed by atoms with E-state index in [1.165, 1.54) is 36.0 Å². The summed E-state index contributed by atoms with van der Waals surface area (Å²) >= 11 is 1.82. The lowest BCUT2D eigenvalue weighted by molar-refractivity contribution is 0.322. The zero-order valence-corrected chi connectivity index (χ0v) is 14.6. The number of thioether (sulfide) groups is 1. The third-order valence-electron chi connectivity index (χ3n) is 3.11. The van der Waals surface area contributed by atoms with Crippen LogP contribution in [0.2, 0.25) is 0 Å². The number of hydrogen-bond donors (Lipinski definition) is 1. The third kappa shape index (κ3) is 14.0. The normalized spacial score (nSPS) is 12.7. The van der Waals surface area contributed by atoms with Gasteiger partial charge in [0.1, 0.15) is 0 Å². The third-order valence-corrected chi connectivity index (χ3v) is 4.11. The molecular formula is C18H32OS. The molecule has 0 radical (unpaired) electrons. The lowest BCUT2D eigenvalue weighted by Crippen LogP contribution is -1.88. The Bertz CT molecular complexity index is 322. The first-order valence-electron chi connectivity index (χ1n) is 7.69. The van der Waals surface area contributed by atoms with Crippen molar-refractivity contribution < 1.29 is 5.11 Å². The average molecular weight is 297 g/mol. The van der Waals surface area contributed by atoms with Crippen LogP contribution in [-0.4, -0.2) is 23.2 Å². The van der Waals surface area contributed by atoms with E-state index in [-0.39, 0.29) is 0 Å². The van der Waals surface area contributed by atoms with Crippen molar-refractivity contribution in [1.82, 2.24) is 0 Å². The van der Waals surface area contributed by atoms with E-state index in [2.05, 4.69) is 45.9 Å². The molecule has 20 heavy (non-hydrogen) atoms. The van der Waals surface area contributed by atoms with E-state index in [4.69, 9.17) is 5.11 Å². The molecule has 0 bridgehead atoms. The zero-order chi connectivity index (χ0) is 15.2. The zero-order valence-electron chi connectivity index (χ0n) is 13.7. The maximum Gasteiger partial charge on any atom is 0.0521 e. The van der Waals surface area contributed by atoms with Crippen molar-refractivity contribution in [3.8, 4) is 0 Å². The molecule has 116 valence electrons. The van der Waals surface area contributed by atoms with E-state index >= 15 is 0 Å². The van der Waals surface area contributed by atoms with E-state index in [0.717, 1.165) is 24.3 Å². The molecule has 0 heterocycles. The maximum absolute atomic E-state index is 8.69. The van der Waals surface area contributed by atoms with Crippen LogP contribution in [0.1, 0.15) is 59.8 Å². The molecule has 0 aliphatic carbocycles. The predicted octanol–water partition coefficient (Wildman–Crippen LogP) is 5.52. The lowest BCUT2D eigenvalue weighted by atomic mass is 10.1. The highest BCUT2D eigenvalue weighted by Gasteiger charge is 1.92. The molecule has 0 aliphatic heterocycles. The largest absolute Gasteiger partial charge is 0.396 e. The van der Waals surface area contributed by atoms with Gasteiger partial charge in [-0.3, -0.25) is 0 Å². The highest BCUT2D eigenvalue weighted by molar-refractivity contribution is 7.99. The lowest BCUT2D eigenvalue weighted by Gasteiger charge is -2.02. The van der Waals surface area contributed by atoms with Gasteiger partial charge in [0.2, 0.25) is 0 Å². The Morgan fingerprint density at radius 2 is 1.35 bits per heavy atom. The molecular weight excluding hydrogens is 264 g/mol. The molecule has 0 saturated heterocycles. The maximum atomic E-state index is 8.69. The van der Waals surface area contributed by atoms with Crippen LogP contribution in [-0.2, 0) is 0 Å². The van der Waals surface area contributed by atoms with Gasteiger partial charge in [0.05, 0.1) is 6.61 Å². The van der Waals surface area contributed by atoms with Crippen molar-refractivity contribution in [1.29, 1.82) is 0 Å². The van der Waals surface area contributed by atoms with Crippen molar-refractivity contribution in [3.63, 3.8) is 0 Å². The van der Waals surface area contributed by atoms with Crippen LogP contribution >= 0.6 is 11.8 Å². The summed E-state index contributed by atoms with van der Waals surface area (Å²) in [4.78, 5) is 0. The van der Waals surface area contributed by atoms with Gasteiger partial charge < -0.3 is 5.11 Å². The molecule has 0 unspecified atom stereocenters. The second kappa shape index (κ2) is 13.5. The molecule has 0 atom stereocenters. The Balaban J connectivity index is 3.74. The smallest absolute Gasteiger partial charge is 0.0521 e. The van der Waals surface area contributed by atoms with Crippen LogP contribution < -0.4 is 0 Å². The van der Waals surface area contributed by atoms with E-state index < -0.39 is 0 Å². The van der Waals surface area contributed by atoms with Crippen molar-refractivity contribution >= 4 is 11.8 Å². The van der Waals surface area contributed by atoms with Crippen molar-refractivity contribution in [2.75, 3.05) is 18.1 Å². The first kappa shape index (κ1) is 19.5. The van der Waals surface area contributed by atoms with E-state index in [0.29, 0.717) is 6.61 Å². The van der Waals surface area contributed by atoms with Crippen LogP contribution in [0.4, 0.5) is 0 Å². The Morgan fingerprint density at radius 3 is 1.90 bits per heavy atom. The summed E-state index contributed by atoms with van der Waals surface area (Å²) in [6.45, 7) is 9.08. The first-order valence-corrected chi connectivity index (χ1v) is 8.85. The van der Waals surface area contributed by atoms with Gasteiger partial charge in [0, 0.05) is 5.75 Å². The fraction of sp³-hybridized carbons (Fsp3) is 0.667. The summed E-state index contributed by atoms with van der Waals surface area (Å²) in [7, 11) is 0. The molecule has 0 rings (SSSR count). The van der Waals surface area contributed by atoms with Crippen LogP contribution in [0.15, 0.2) is 34.9 Å². The Kier molecular flexibility index (Phi) is 13.2. The molecule has 0 saturated carbocycles. The Morgan fingerprint density at radius 1 is 0.800 bits per heavy atom. The Labute approximate surface area is 130 Å². The molecule has 2 heteroatoms. The van der Waals surface area contributed by atoms with Gasteiger partial charge in [0.15, 0.2) is 0 Å². The van der Waals surface area contributed by atoms with Crippen molar-refractivity contribution in [2.24, 2.45) is 0 Å². The van der Waals surface area contributed by atoms with E-state index in [1.807, 2.05) is 11.8 Å². The molecule has 1 N–H and O–H groups in total. The quantitative estimate of drug-likeness (QED) is 0.400. The standard InChI is InChI=1S/C18H32OS/c1-16(2)8-5-9-17(3)10-6-11-18(4)12-7-14-20-15-13-19/h8,10,12,19H,5-7,9,11,13-15H2,1-4H3/b17-10+,18-12+. The van der Waals surface area contributed by atoms with Crippen LogP contribution in [0, 0.1) is 0 Å². The highest BCUT2D eigenvalue weighted by Crippen LogP contribution is 2.12. The van der Waals surface area contributed by atoms with Crippen molar-refractivity contribution in [2.45, 2.75) is 59.8 Å². The van der Waals surface area contributed by atoms with Crippen molar-refractivity contribution in [3.05, 3.63) is 34.9 Å². The first-order chi connectivity index (χ1) is 9.56. The molecule has 1 nitrogen and oxygen atoms in total. The van der Waals surface area contributed by atoms with Crippen LogP contribution in [0.5, 0.6) is 0 Å². The monoisotopic (exact) mass is 296 g/mol.